The summed E-state index contributed by atoms with van der Waals surface area (Å²) in [6, 6.07) is 11.0. The second-order valence-corrected chi connectivity index (χ2v) is 10.0. The first-order chi connectivity index (χ1) is 17.7. The van der Waals surface area contributed by atoms with Crippen molar-refractivity contribution in [2.24, 2.45) is 11.3 Å². The lowest BCUT2D eigenvalue weighted by atomic mass is 9.85. The van der Waals surface area contributed by atoms with Crippen LogP contribution in [-0.2, 0) is 20.9 Å². The monoisotopic (exact) mass is 508 g/mol. The molecule has 0 bridgehead atoms. The lowest BCUT2D eigenvalue weighted by Crippen LogP contribution is -2.58. The predicted molar refractivity (Wildman–Crippen MR) is 133 cm³/mol. The minimum atomic E-state index is -1.16. The molecule has 2 atom stereocenters. The molecule has 11 nitrogen and oxygen atoms in total. The molecule has 2 unspecified atom stereocenters. The number of nitrogens with zero attached hydrogens (tertiary/aromatic N) is 5. The van der Waals surface area contributed by atoms with Crippen LogP contribution in [0.5, 0.6) is 0 Å². The van der Waals surface area contributed by atoms with Crippen molar-refractivity contribution in [1.82, 2.24) is 19.6 Å². The van der Waals surface area contributed by atoms with Crippen molar-refractivity contribution in [2.45, 2.75) is 33.4 Å². The zero-order valence-corrected chi connectivity index (χ0v) is 21.3. The number of hydrogen-bond donors (Lipinski definition) is 2. The van der Waals surface area contributed by atoms with Gasteiger partial charge in [0.2, 0.25) is 11.8 Å². The van der Waals surface area contributed by atoms with Crippen LogP contribution in [0.2, 0.25) is 0 Å². The number of aliphatic hydroxyl groups is 1. The molecule has 37 heavy (non-hydrogen) atoms. The van der Waals surface area contributed by atoms with Gasteiger partial charge in [-0.3, -0.25) is 14.4 Å². The Hall–Kier alpha value is -3.75. The van der Waals surface area contributed by atoms with E-state index in [0.29, 0.717) is 32.8 Å². The Kier molecular flexibility index (Phi) is 7.61. The number of amides is 2. The summed E-state index contributed by atoms with van der Waals surface area (Å²) in [5, 5.41) is 27.6. The Bertz CT molecular complexity index is 1210. The van der Waals surface area contributed by atoms with Crippen LogP contribution in [-0.4, -0.2) is 81.9 Å². The highest BCUT2D eigenvalue weighted by Crippen LogP contribution is 2.42. The molecule has 1 aromatic heterocycles. The quantitative estimate of drug-likeness (QED) is 0.510. The van der Waals surface area contributed by atoms with Gasteiger partial charge in [-0.1, -0.05) is 37.3 Å². The smallest absolute Gasteiger partial charge is 0.256 e. The summed E-state index contributed by atoms with van der Waals surface area (Å²) >= 11 is 0. The fourth-order valence-electron chi connectivity index (χ4n) is 4.54. The summed E-state index contributed by atoms with van der Waals surface area (Å²) in [5.74, 6) is -1.24. The van der Waals surface area contributed by atoms with Gasteiger partial charge in [-0.05, 0) is 19.4 Å². The van der Waals surface area contributed by atoms with Crippen LogP contribution >= 0.6 is 0 Å². The third-order valence-corrected chi connectivity index (χ3v) is 6.93. The number of aliphatic hydroxyl groups excluding tert-OH is 1. The molecular weight excluding hydrogens is 476 g/mol. The van der Waals surface area contributed by atoms with Crippen LogP contribution in [0.1, 0.15) is 48.4 Å². The average Bonchev–Trinajstić information content (AvgIpc) is 3.29. The second-order valence-electron chi connectivity index (χ2n) is 10.0. The van der Waals surface area contributed by atoms with Crippen LogP contribution in [0.4, 0.5) is 5.82 Å². The van der Waals surface area contributed by atoms with Gasteiger partial charge in [-0.25, -0.2) is 0 Å². The molecule has 2 N–H and O–H groups in total. The fraction of sp³-hybridized carbons (Fsp3) is 0.500. The number of likely N-dealkylation sites (tertiary alicyclic amines) is 1. The Balaban J connectivity index is 1.69. The molecule has 2 saturated heterocycles. The molecule has 2 aliphatic heterocycles. The van der Waals surface area contributed by atoms with E-state index in [1.165, 1.54) is 4.90 Å². The van der Waals surface area contributed by atoms with Crippen molar-refractivity contribution in [3.63, 3.8) is 0 Å². The molecule has 0 saturated carbocycles. The van der Waals surface area contributed by atoms with E-state index in [0.717, 1.165) is 10.2 Å². The number of nitriles is 1. The molecular formula is C26H32N6O5. The first kappa shape index (κ1) is 26.3. The van der Waals surface area contributed by atoms with E-state index in [9.17, 15) is 24.8 Å². The van der Waals surface area contributed by atoms with Gasteiger partial charge < -0.3 is 25.0 Å². The first-order valence-electron chi connectivity index (χ1n) is 12.3. The number of morpholine rings is 1. The SMILES string of the molecule is CC1C(=O)N(CC(=O)N2CCOCC2)C1c1nn(C(=O)C(C)(C)CO)c(NCc2ccccc2)c1C#N. The van der Waals surface area contributed by atoms with Gasteiger partial charge in [-0.15, -0.1) is 0 Å². The molecule has 196 valence electrons. The van der Waals surface area contributed by atoms with Gasteiger partial charge in [0, 0.05) is 19.6 Å². The fourth-order valence-corrected chi connectivity index (χ4v) is 4.54. The zero-order chi connectivity index (χ0) is 26.7. The van der Waals surface area contributed by atoms with Crippen LogP contribution in [0.15, 0.2) is 30.3 Å². The topological polar surface area (TPSA) is 141 Å². The lowest BCUT2D eigenvalue weighted by Gasteiger charge is -2.45. The highest BCUT2D eigenvalue weighted by atomic mass is 16.5. The number of benzene rings is 1. The number of β-lactam (4-membered cyclic amide) rings is 1. The summed E-state index contributed by atoms with van der Waals surface area (Å²) < 4.78 is 6.42. The van der Waals surface area contributed by atoms with Crippen LogP contribution in [0, 0.1) is 22.7 Å². The van der Waals surface area contributed by atoms with Crippen molar-refractivity contribution in [1.29, 1.82) is 5.26 Å². The van der Waals surface area contributed by atoms with Gasteiger partial charge in [-0.2, -0.15) is 15.0 Å². The summed E-state index contributed by atoms with van der Waals surface area (Å²) in [7, 11) is 0. The molecule has 0 aliphatic carbocycles. The Labute approximate surface area is 215 Å². The van der Waals surface area contributed by atoms with Crippen molar-refractivity contribution < 1.29 is 24.2 Å². The largest absolute Gasteiger partial charge is 0.395 e. The number of ether oxygens (including phenoxy) is 1. The molecule has 11 heteroatoms. The average molecular weight is 509 g/mol. The first-order valence-corrected chi connectivity index (χ1v) is 12.3. The maximum atomic E-state index is 13.4. The number of aromatic nitrogens is 2. The normalized spacial score (nSPS) is 19.8. The Morgan fingerprint density at radius 1 is 1.24 bits per heavy atom. The molecule has 2 fully saturated rings. The minimum Gasteiger partial charge on any atom is -0.395 e. The summed E-state index contributed by atoms with van der Waals surface area (Å²) in [6.07, 6.45) is 0. The van der Waals surface area contributed by atoms with Crippen molar-refractivity contribution in [3.05, 3.63) is 47.2 Å². The molecule has 2 amide bonds. The van der Waals surface area contributed by atoms with Gasteiger partial charge in [0.05, 0.1) is 37.2 Å². The van der Waals surface area contributed by atoms with Gasteiger partial charge in [0.1, 0.15) is 23.9 Å². The molecule has 0 radical (unpaired) electrons. The van der Waals surface area contributed by atoms with Crippen LogP contribution < -0.4 is 5.32 Å². The van der Waals surface area contributed by atoms with Gasteiger partial charge in [0.15, 0.2) is 5.82 Å². The maximum absolute atomic E-state index is 13.4. The Morgan fingerprint density at radius 3 is 2.54 bits per heavy atom. The molecule has 4 rings (SSSR count). The maximum Gasteiger partial charge on any atom is 0.256 e. The number of nitrogens with one attached hydrogen (secondary N) is 1. The number of anilines is 1. The predicted octanol–water partition coefficient (Wildman–Crippen LogP) is 1.40. The molecule has 2 aromatic rings. The highest BCUT2D eigenvalue weighted by molar-refractivity contribution is 5.92. The van der Waals surface area contributed by atoms with E-state index < -0.39 is 29.9 Å². The van der Waals surface area contributed by atoms with Crippen molar-refractivity contribution >= 4 is 23.5 Å². The summed E-state index contributed by atoms with van der Waals surface area (Å²) in [4.78, 5) is 42.1. The van der Waals surface area contributed by atoms with Gasteiger partial charge in [0.25, 0.3) is 5.91 Å². The zero-order valence-electron chi connectivity index (χ0n) is 21.3. The summed E-state index contributed by atoms with van der Waals surface area (Å²) in [5.41, 5.74) is 0.152. The number of rotatable bonds is 8. The van der Waals surface area contributed by atoms with Gasteiger partial charge >= 0.3 is 0 Å². The third kappa shape index (κ3) is 5.08. The number of carbonyl (C=O) groups is 3. The number of hydrogen-bond acceptors (Lipinski definition) is 8. The van der Waals surface area contributed by atoms with E-state index >= 15 is 0 Å². The molecule has 1 aromatic carbocycles. The molecule has 2 aliphatic rings. The standard InChI is InChI=1S/C26H32N6O5/c1-17-22(31(24(17)35)15-20(34)30-9-11-37-12-10-30)21-19(13-27)23(28-14-18-7-5-4-6-8-18)32(29-21)25(36)26(2,3)16-33/h4-8,17,22,28,33H,9-12,14-16H2,1-3H3. The summed E-state index contributed by atoms with van der Waals surface area (Å²) in [6.45, 7) is 6.47. The highest BCUT2D eigenvalue weighted by Gasteiger charge is 2.49. The van der Waals surface area contributed by atoms with E-state index in [4.69, 9.17) is 4.74 Å². The number of carbonyl (C=O) groups excluding carboxylic acids is 3. The molecule has 0 spiro atoms. The van der Waals surface area contributed by atoms with Crippen molar-refractivity contribution in [3.8, 4) is 6.07 Å². The van der Waals surface area contributed by atoms with Crippen molar-refractivity contribution in [2.75, 3.05) is 44.8 Å². The minimum absolute atomic E-state index is 0.131. The second kappa shape index (κ2) is 10.7. The lowest BCUT2D eigenvalue weighted by molar-refractivity contribution is -0.161. The third-order valence-electron chi connectivity index (χ3n) is 6.93. The van der Waals surface area contributed by atoms with E-state index in [-0.39, 0.29) is 35.4 Å². The molecule has 3 heterocycles. The van der Waals surface area contributed by atoms with Crippen LogP contribution in [0.3, 0.4) is 0 Å². The van der Waals surface area contributed by atoms with E-state index in [1.54, 1.807) is 25.7 Å². The van der Waals surface area contributed by atoms with E-state index in [2.05, 4.69) is 16.5 Å². The van der Waals surface area contributed by atoms with Crippen LogP contribution in [0.25, 0.3) is 0 Å². The Morgan fingerprint density at radius 2 is 1.92 bits per heavy atom. The van der Waals surface area contributed by atoms with E-state index in [1.807, 2.05) is 30.3 Å².